The molecule has 1 aliphatic heterocycles. The highest BCUT2D eigenvalue weighted by Gasteiger charge is 2.29. The standard InChI is InChI=1S/C22H28ClN3O3S/c1-4-26(30(28,29)20-9-5-17(2)6-10-20)16-22(27)25-13-11-24(12-14-25)21-15-19(23)8-7-18(21)3/h5-10,15H,4,11-14,16H2,1-3H3. The minimum absolute atomic E-state index is 0.150. The van der Waals surface area contributed by atoms with Gasteiger partial charge in [0, 0.05) is 43.4 Å². The third-order valence-corrected chi connectivity index (χ3v) is 7.64. The lowest BCUT2D eigenvalue weighted by Gasteiger charge is -2.37. The number of hydrogen-bond donors (Lipinski definition) is 0. The van der Waals surface area contributed by atoms with Crippen molar-refractivity contribution in [2.24, 2.45) is 0 Å². The van der Waals surface area contributed by atoms with Gasteiger partial charge in [0.05, 0.1) is 11.4 Å². The SMILES string of the molecule is CCN(CC(=O)N1CCN(c2cc(Cl)ccc2C)CC1)S(=O)(=O)c1ccc(C)cc1. The fraction of sp³-hybridized carbons (Fsp3) is 0.409. The van der Waals surface area contributed by atoms with Crippen molar-refractivity contribution >= 4 is 33.2 Å². The third kappa shape index (κ3) is 4.96. The Morgan fingerprint density at radius 3 is 2.27 bits per heavy atom. The molecule has 1 heterocycles. The van der Waals surface area contributed by atoms with E-state index < -0.39 is 10.0 Å². The lowest BCUT2D eigenvalue weighted by atomic mass is 10.1. The molecule has 2 aromatic rings. The van der Waals surface area contributed by atoms with Gasteiger partial charge in [0.1, 0.15) is 0 Å². The van der Waals surface area contributed by atoms with Crippen LogP contribution in [0, 0.1) is 13.8 Å². The number of rotatable bonds is 6. The number of carbonyl (C=O) groups excluding carboxylic acids is 1. The van der Waals surface area contributed by atoms with E-state index in [4.69, 9.17) is 11.6 Å². The summed E-state index contributed by atoms with van der Waals surface area (Å²) in [6.07, 6.45) is 0. The first-order valence-electron chi connectivity index (χ1n) is 10.1. The van der Waals surface area contributed by atoms with Gasteiger partial charge in [0.15, 0.2) is 0 Å². The van der Waals surface area contributed by atoms with E-state index in [9.17, 15) is 13.2 Å². The number of anilines is 1. The molecule has 0 N–H and O–H groups in total. The first-order valence-corrected chi connectivity index (χ1v) is 11.9. The molecule has 6 nitrogen and oxygen atoms in total. The average molecular weight is 450 g/mol. The van der Waals surface area contributed by atoms with Gasteiger partial charge < -0.3 is 9.80 Å². The highest BCUT2D eigenvalue weighted by Crippen LogP contribution is 2.25. The molecule has 162 valence electrons. The van der Waals surface area contributed by atoms with E-state index in [1.54, 1.807) is 36.1 Å². The van der Waals surface area contributed by atoms with E-state index in [2.05, 4.69) is 4.90 Å². The van der Waals surface area contributed by atoms with E-state index in [0.29, 0.717) is 31.2 Å². The zero-order chi connectivity index (χ0) is 21.9. The van der Waals surface area contributed by atoms with Gasteiger partial charge in [-0.05, 0) is 43.7 Å². The van der Waals surface area contributed by atoms with Crippen molar-refractivity contribution in [1.29, 1.82) is 0 Å². The Morgan fingerprint density at radius 1 is 1.03 bits per heavy atom. The van der Waals surface area contributed by atoms with Gasteiger partial charge in [-0.15, -0.1) is 0 Å². The van der Waals surface area contributed by atoms with E-state index in [0.717, 1.165) is 16.8 Å². The predicted molar refractivity (Wildman–Crippen MR) is 121 cm³/mol. The van der Waals surface area contributed by atoms with Crippen LogP contribution in [0.15, 0.2) is 47.4 Å². The Balaban J connectivity index is 1.64. The summed E-state index contributed by atoms with van der Waals surface area (Å²) in [5.74, 6) is -0.171. The van der Waals surface area contributed by atoms with Crippen LogP contribution in [0.1, 0.15) is 18.1 Å². The fourth-order valence-corrected chi connectivity index (χ4v) is 5.16. The van der Waals surface area contributed by atoms with Gasteiger partial charge in [-0.3, -0.25) is 4.79 Å². The molecule has 0 radical (unpaired) electrons. The highest BCUT2D eigenvalue weighted by atomic mass is 35.5. The van der Waals surface area contributed by atoms with E-state index in [-0.39, 0.29) is 23.9 Å². The number of likely N-dealkylation sites (N-methyl/N-ethyl adjacent to an activating group) is 1. The largest absolute Gasteiger partial charge is 0.368 e. The molecule has 0 bridgehead atoms. The second kappa shape index (κ2) is 9.37. The summed E-state index contributed by atoms with van der Waals surface area (Å²) in [7, 11) is -3.71. The zero-order valence-electron chi connectivity index (χ0n) is 17.6. The first kappa shape index (κ1) is 22.6. The van der Waals surface area contributed by atoms with Gasteiger partial charge in [-0.25, -0.2) is 8.42 Å². The van der Waals surface area contributed by atoms with Gasteiger partial charge in [0.2, 0.25) is 15.9 Å². The molecule has 30 heavy (non-hydrogen) atoms. The Morgan fingerprint density at radius 2 is 1.67 bits per heavy atom. The summed E-state index contributed by atoms with van der Waals surface area (Å²) >= 11 is 6.14. The van der Waals surface area contributed by atoms with Crippen LogP contribution in [0.4, 0.5) is 5.69 Å². The maximum absolute atomic E-state index is 12.9. The maximum Gasteiger partial charge on any atom is 0.243 e. The van der Waals surface area contributed by atoms with Crippen LogP contribution in [-0.2, 0) is 14.8 Å². The van der Waals surface area contributed by atoms with Crippen molar-refractivity contribution in [3.8, 4) is 0 Å². The van der Waals surface area contributed by atoms with E-state index >= 15 is 0 Å². The number of halogens is 1. The van der Waals surface area contributed by atoms with Gasteiger partial charge in [0.25, 0.3) is 0 Å². The van der Waals surface area contributed by atoms with Crippen molar-refractivity contribution in [3.05, 3.63) is 58.6 Å². The van der Waals surface area contributed by atoms with E-state index in [1.807, 2.05) is 32.0 Å². The van der Waals surface area contributed by atoms with Crippen molar-refractivity contribution in [2.45, 2.75) is 25.7 Å². The molecule has 3 rings (SSSR count). The monoisotopic (exact) mass is 449 g/mol. The van der Waals surface area contributed by atoms with Crippen molar-refractivity contribution in [2.75, 3.05) is 44.2 Å². The van der Waals surface area contributed by atoms with Crippen LogP contribution in [0.5, 0.6) is 0 Å². The van der Waals surface area contributed by atoms with Crippen molar-refractivity contribution < 1.29 is 13.2 Å². The molecule has 0 saturated carbocycles. The molecule has 1 saturated heterocycles. The number of hydrogen-bond acceptors (Lipinski definition) is 4. The number of amides is 1. The molecule has 8 heteroatoms. The number of aryl methyl sites for hydroxylation is 2. The molecule has 0 aromatic heterocycles. The van der Waals surface area contributed by atoms with Gasteiger partial charge >= 0.3 is 0 Å². The van der Waals surface area contributed by atoms with Crippen LogP contribution >= 0.6 is 11.6 Å². The topological polar surface area (TPSA) is 60.9 Å². The second-order valence-electron chi connectivity index (χ2n) is 7.54. The molecule has 2 aromatic carbocycles. The zero-order valence-corrected chi connectivity index (χ0v) is 19.2. The number of piperazine rings is 1. The third-order valence-electron chi connectivity index (χ3n) is 5.47. The molecule has 0 atom stereocenters. The number of nitrogens with zero attached hydrogens (tertiary/aromatic N) is 3. The summed E-state index contributed by atoms with van der Waals surface area (Å²) in [6.45, 7) is 8.25. The van der Waals surface area contributed by atoms with Crippen molar-refractivity contribution in [1.82, 2.24) is 9.21 Å². The maximum atomic E-state index is 12.9. The minimum atomic E-state index is -3.71. The predicted octanol–water partition coefficient (Wildman–Crippen LogP) is 3.32. The molecule has 1 aliphatic rings. The fourth-order valence-electron chi connectivity index (χ4n) is 3.60. The van der Waals surface area contributed by atoms with Crippen LogP contribution in [0.2, 0.25) is 5.02 Å². The Labute approximate surface area is 184 Å². The van der Waals surface area contributed by atoms with Gasteiger partial charge in [-0.2, -0.15) is 4.31 Å². The van der Waals surface area contributed by atoms with E-state index in [1.165, 1.54) is 4.31 Å². The molecule has 1 amide bonds. The summed E-state index contributed by atoms with van der Waals surface area (Å²) in [5, 5.41) is 0.689. The number of benzene rings is 2. The van der Waals surface area contributed by atoms with Crippen molar-refractivity contribution in [3.63, 3.8) is 0 Å². The summed E-state index contributed by atoms with van der Waals surface area (Å²) < 4.78 is 27.1. The average Bonchev–Trinajstić information content (AvgIpc) is 2.74. The molecule has 0 spiro atoms. The smallest absolute Gasteiger partial charge is 0.243 e. The summed E-state index contributed by atoms with van der Waals surface area (Å²) in [4.78, 5) is 17.0. The molecule has 0 aliphatic carbocycles. The Hall–Kier alpha value is -2.09. The Bertz CT molecular complexity index is 1000. The number of carbonyl (C=O) groups is 1. The quantitative estimate of drug-likeness (QED) is 0.678. The van der Waals surface area contributed by atoms with Gasteiger partial charge in [-0.1, -0.05) is 42.3 Å². The Kier molecular flexibility index (Phi) is 7.06. The normalized spacial score (nSPS) is 15.0. The molecular formula is C22H28ClN3O3S. The molecule has 0 unspecified atom stereocenters. The molecule has 1 fully saturated rings. The van der Waals surface area contributed by atoms with Crippen LogP contribution < -0.4 is 4.90 Å². The van der Waals surface area contributed by atoms with Crippen LogP contribution in [-0.4, -0.2) is 62.8 Å². The summed E-state index contributed by atoms with van der Waals surface area (Å²) in [5.41, 5.74) is 3.20. The lowest BCUT2D eigenvalue weighted by Crippen LogP contribution is -2.52. The first-order chi connectivity index (χ1) is 14.2. The van der Waals surface area contributed by atoms with Crippen LogP contribution in [0.3, 0.4) is 0 Å². The highest BCUT2D eigenvalue weighted by molar-refractivity contribution is 7.89. The molecular weight excluding hydrogens is 422 g/mol. The minimum Gasteiger partial charge on any atom is -0.368 e. The lowest BCUT2D eigenvalue weighted by molar-refractivity contribution is -0.131. The summed E-state index contributed by atoms with van der Waals surface area (Å²) in [6, 6.07) is 12.5. The second-order valence-corrected chi connectivity index (χ2v) is 9.92. The van der Waals surface area contributed by atoms with Crippen LogP contribution in [0.25, 0.3) is 0 Å². The number of sulfonamides is 1.